The van der Waals surface area contributed by atoms with Gasteiger partial charge in [0.1, 0.15) is 23.0 Å². The van der Waals surface area contributed by atoms with E-state index >= 15 is 0 Å². The van der Waals surface area contributed by atoms with Crippen LogP contribution in [0.4, 0.5) is 0 Å². The molecule has 0 N–H and O–H groups in total. The Hall–Kier alpha value is -7.08. The zero-order chi connectivity index (χ0) is 54.7. The zero-order valence-electron chi connectivity index (χ0n) is 46.3. The molecule has 0 aliphatic heterocycles. The molecule has 0 atom stereocenters. The average Bonchev–Trinajstić information content (AvgIpc) is 3.40. The number of hydrogen-bond acceptors (Lipinski definition) is 12. The van der Waals surface area contributed by atoms with Gasteiger partial charge in [-0.1, -0.05) is 53.4 Å². The number of esters is 4. The molecule has 0 radical (unpaired) electrons. The molecule has 0 aromatic heterocycles. The maximum absolute atomic E-state index is 12.9. The third-order valence-corrected chi connectivity index (χ3v) is 12.4. The molecule has 0 saturated carbocycles. The largest absolute Gasteiger partial charge is 0.493 e. The lowest BCUT2D eigenvalue weighted by Gasteiger charge is -2.24. The van der Waals surface area contributed by atoms with Crippen molar-refractivity contribution in [2.75, 3.05) is 52.9 Å². The molecular weight excluding hydrogens is 961 g/mol. The first-order valence-electron chi connectivity index (χ1n) is 27.5. The number of ether oxygens (including phenoxy) is 8. The Morgan fingerprint density at radius 2 is 0.513 bits per heavy atom. The smallest absolute Gasteiger partial charge is 0.330 e. The highest BCUT2D eigenvalue weighted by Crippen LogP contribution is 2.42. The average molecular weight is 1040 g/mol. The van der Waals surface area contributed by atoms with E-state index in [1.54, 1.807) is 52.0 Å². The maximum atomic E-state index is 12.9. The first-order chi connectivity index (χ1) is 37.0. The minimum Gasteiger partial charge on any atom is -0.493 e. The molecule has 408 valence electrons. The van der Waals surface area contributed by atoms with Crippen LogP contribution in [0.1, 0.15) is 174 Å². The van der Waals surface area contributed by atoms with Crippen LogP contribution in [0.3, 0.4) is 0 Å². The van der Waals surface area contributed by atoms with E-state index in [9.17, 15) is 19.2 Å². The van der Waals surface area contributed by atoms with Crippen LogP contribution in [-0.2, 0) is 63.8 Å². The van der Waals surface area contributed by atoms with Gasteiger partial charge in [-0.2, -0.15) is 0 Å². The summed E-state index contributed by atoms with van der Waals surface area (Å²) in [6.07, 6.45) is 21.1. The summed E-state index contributed by atoms with van der Waals surface area (Å²) in [5.41, 5.74) is 9.85. The summed E-state index contributed by atoms with van der Waals surface area (Å²) in [6, 6.07) is 16.4. The summed E-state index contributed by atoms with van der Waals surface area (Å²) < 4.78 is 49.0. The minimum absolute atomic E-state index is 0.236. The molecule has 76 heavy (non-hydrogen) atoms. The van der Waals surface area contributed by atoms with Crippen molar-refractivity contribution in [3.63, 3.8) is 0 Å². The number of hydrogen-bond donors (Lipinski definition) is 0. The number of fused-ring (bicyclic) bond motifs is 8. The number of unbranched alkanes of at least 4 members (excludes halogenated alkanes) is 4. The lowest BCUT2D eigenvalue weighted by molar-refractivity contribution is -0.138. The van der Waals surface area contributed by atoms with Crippen molar-refractivity contribution in [1.82, 2.24) is 0 Å². The van der Waals surface area contributed by atoms with E-state index in [1.807, 2.05) is 48.5 Å². The molecule has 8 bridgehead atoms. The third-order valence-electron chi connectivity index (χ3n) is 12.4. The molecule has 0 unspecified atom stereocenters. The van der Waals surface area contributed by atoms with E-state index in [4.69, 9.17) is 37.9 Å². The van der Waals surface area contributed by atoms with Gasteiger partial charge in [-0.05, 0) is 193 Å². The second kappa shape index (κ2) is 32.4. The molecule has 0 amide bonds. The van der Waals surface area contributed by atoms with Crippen molar-refractivity contribution in [1.29, 1.82) is 0 Å². The van der Waals surface area contributed by atoms with Crippen LogP contribution < -0.4 is 18.9 Å². The van der Waals surface area contributed by atoms with E-state index in [0.717, 1.165) is 118 Å². The number of rotatable bonds is 28. The van der Waals surface area contributed by atoms with E-state index in [1.165, 1.54) is 24.3 Å². The summed E-state index contributed by atoms with van der Waals surface area (Å²) in [5.74, 6) is 0.961. The van der Waals surface area contributed by atoms with Gasteiger partial charge in [-0.25, -0.2) is 19.2 Å². The first kappa shape index (κ1) is 59.8. The molecule has 4 aromatic rings. The Morgan fingerprint density at radius 3 is 0.671 bits per heavy atom. The van der Waals surface area contributed by atoms with Crippen LogP contribution in [0.5, 0.6) is 23.0 Å². The van der Waals surface area contributed by atoms with Crippen LogP contribution >= 0.6 is 0 Å². The van der Waals surface area contributed by atoms with Gasteiger partial charge < -0.3 is 37.9 Å². The van der Waals surface area contributed by atoms with Crippen molar-refractivity contribution in [3.8, 4) is 23.0 Å². The van der Waals surface area contributed by atoms with Crippen LogP contribution in [-0.4, -0.2) is 76.7 Å². The standard InChI is InChI=1S/C64H80O12/c1-9-17-29-73-61-49-33-45(21-25-57(65)69-13-5)34-50(61)42-52-36-47(23-27-59(67)71-15-7)38-54(63(52)75-31-19-11-3)44-56-40-48(24-28-60(68)72-16-8)39-55(64(56)76-32-20-12-4)43-53-37-46(22-26-58(66)70-14-6)35-51(41-49)62(53)74-30-18-10-2/h21-28,33-40H,9-20,29-32,41-44H2,1-8H3/b25-21+,26-22+,27-23+,28-24+. The highest BCUT2D eigenvalue weighted by molar-refractivity contribution is 5.89. The number of carbonyl (C=O) groups excluding carboxylic acids is 4. The van der Waals surface area contributed by atoms with E-state index in [-0.39, 0.29) is 26.4 Å². The zero-order valence-corrected chi connectivity index (χ0v) is 46.3. The lowest BCUT2D eigenvalue weighted by atomic mass is 9.88. The van der Waals surface area contributed by atoms with Crippen LogP contribution in [0.15, 0.2) is 72.8 Å². The molecule has 12 heteroatoms. The van der Waals surface area contributed by atoms with Crippen LogP contribution in [0.25, 0.3) is 24.3 Å². The van der Waals surface area contributed by atoms with Crippen LogP contribution in [0, 0.1) is 0 Å². The molecule has 1 aliphatic carbocycles. The van der Waals surface area contributed by atoms with Crippen LogP contribution in [0.2, 0.25) is 0 Å². The van der Waals surface area contributed by atoms with Crippen molar-refractivity contribution < 1.29 is 57.1 Å². The normalized spacial score (nSPS) is 12.3. The van der Waals surface area contributed by atoms with Gasteiger partial charge in [0.2, 0.25) is 0 Å². The molecule has 0 fully saturated rings. The Morgan fingerprint density at radius 1 is 0.329 bits per heavy atom. The summed E-state index contributed by atoms with van der Waals surface area (Å²) in [4.78, 5) is 51.6. The minimum atomic E-state index is -0.459. The molecule has 0 spiro atoms. The topological polar surface area (TPSA) is 142 Å². The molecule has 0 heterocycles. The van der Waals surface area contributed by atoms with Crippen molar-refractivity contribution in [2.24, 2.45) is 0 Å². The van der Waals surface area contributed by atoms with Crippen molar-refractivity contribution in [2.45, 2.75) is 132 Å². The number of benzene rings is 4. The number of carbonyl (C=O) groups is 4. The monoisotopic (exact) mass is 1040 g/mol. The second-order valence-corrected chi connectivity index (χ2v) is 18.5. The quantitative estimate of drug-likeness (QED) is 0.0204. The van der Waals surface area contributed by atoms with Gasteiger partial charge in [-0.15, -0.1) is 0 Å². The second-order valence-electron chi connectivity index (χ2n) is 18.5. The summed E-state index contributed by atoms with van der Waals surface area (Å²) in [5, 5.41) is 0. The molecule has 12 nitrogen and oxygen atoms in total. The molecule has 0 saturated heterocycles. The molecule has 4 aromatic carbocycles. The van der Waals surface area contributed by atoms with E-state index in [0.29, 0.717) is 75.1 Å². The van der Waals surface area contributed by atoms with Gasteiger partial charge in [-0.3, -0.25) is 0 Å². The predicted molar refractivity (Wildman–Crippen MR) is 301 cm³/mol. The Bertz CT molecular complexity index is 2230. The Balaban J connectivity index is 2.01. The lowest BCUT2D eigenvalue weighted by Crippen LogP contribution is -2.11. The van der Waals surface area contributed by atoms with E-state index in [2.05, 4.69) is 27.7 Å². The molecule has 1 aliphatic rings. The SMILES string of the molecule is CCCCOc1c2cc(/C=C/C(=O)OCC)cc1Cc1cc(/C=C/C(=O)OCC)cc(c1OCCCC)Cc1cc(/C=C/C(=O)OCC)cc(c1OCCCC)Cc1cc(/C=C/C(=O)OCC)cc(c1OCCCC)C2. The highest BCUT2D eigenvalue weighted by atomic mass is 16.5. The van der Waals surface area contributed by atoms with Gasteiger partial charge in [0.15, 0.2) is 0 Å². The maximum Gasteiger partial charge on any atom is 0.330 e. The van der Waals surface area contributed by atoms with Gasteiger partial charge >= 0.3 is 23.9 Å². The Labute approximate surface area is 451 Å². The Kier molecular flexibility index (Phi) is 25.5. The summed E-state index contributed by atoms with van der Waals surface area (Å²) in [6.45, 7) is 18.4. The van der Waals surface area contributed by atoms with Gasteiger partial charge in [0.05, 0.1) is 52.9 Å². The fourth-order valence-corrected chi connectivity index (χ4v) is 8.82. The first-order valence-corrected chi connectivity index (χ1v) is 27.5. The summed E-state index contributed by atoms with van der Waals surface area (Å²) in [7, 11) is 0. The molecule has 5 rings (SSSR count). The van der Waals surface area contributed by atoms with Crippen molar-refractivity contribution >= 4 is 48.2 Å². The van der Waals surface area contributed by atoms with Gasteiger partial charge in [0.25, 0.3) is 0 Å². The third kappa shape index (κ3) is 18.6. The predicted octanol–water partition coefficient (Wildman–Crippen LogP) is 13.4. The highest BCUT2D eigenvalue weighted by Gasteiger charge is 2.25. The fraction of sp³-hybridized carbons (Fsp3) is 0.438. The fourth-order valence-electron chi connectivity index (χ4n) is 8.82. The van der Waals surface area contributed by atoms with Gasteiger partial charge in [0, 0.05) is 50.0 Å². The summed E-state index contributed by atoms with van der Waals surface area (Å²) >= 11 is 0. The van der Waals surface area contributed by atoms with Crippen molar-refractivity contribution in [3.05, 3.63) is 140 Å². The van der Waals surface area contributed by atoms with E-state index < -0.39 is 23.9 Å². The molecular formula is C64H80O12.